The maximum Gasteiger partial charge on any atom is 0.253 e. The fourth-order valence-corrected chi connectivity index (χ4v) is 2.08. The van der Waals surface area contributed by atoms with E-state index in [-0.39, 0.29) is 0 Å². The number of imidazole rings is 1. The Labute approximate surface area is 100 Å². The Balaban J connectivity index is 2.41. The van der Waals surface area contributed by atoms with Gasteiger partial charge < -0.3 is 0 Å². The van der Waals surface area contributed by atoms with Crippen LogP contribution in [0.25, 0.3) is 0 Å². The lowest BCUT2D eigenvalue weighted by Crippen LogP contribution is -2.35. The molecule has 0 amide bonds. The standard InChI is InChI=1S/C14H27N2/c1-4-6-8-10-15-12-13-16(14(15)3)11-9-7-5-2/h12-13H,4-11H2,1-3H3/q+1. The Morgan fingerprint density at radius 2 is 1.75 bits per heavy atom. The van der Waals surface area contributed by atoms with Crippen molar-refractivity contribution >= 4 is 0 Å². The van der Waals surface area contributed by atoms with E-state index in [9.17, 15) is 0 Å². The molecular weight excluding hydrogens is 196 g/mol. The molecule has 1 rings (SSSR count). The molecule has 0 aliphatic carbocycles. The first-order valence-electron chi connectivity index (χ1n) is 6.84. The van der Waals surface area contributed by atoms with Gasteiger partial charge in [0.2, 0.25) is 0 Å². The lowest BCUT2D eigenvalue weighted by Gasteiger charge is -2.01. The first-order chi connectivity index (χ1) is 7.79. The molecule has 0 unspecified atom stereocenters. The van der Waals surface area contributed by atoms with Crippen LogP contribution in [-0.2, 0) is 13.1 Å². The summed E-state index contributed by atoms with van der Waals surface area (Å²) in [7, 11) is 0. The molecule has 0 saturated heterocycles. The van der Waals surface area contributed by atoms with Crippen molar-refractivity contribution in [3.05, 3.63) is 18.2 Å². The zero-order chi connectivity index (χ0) is 11.8. The molecule has 0 fully saturated rings. The lowest BCUT2D eigenvalue weighted by molar-refractivity contribution is -0.702. The molecule has 0 aliphatic heterocycles. The van der Waals surface area contributed by atoms with E-state index in [0.29, 0.717) is 0 Å². The highest BCUT2D eigenvalue weighted by Gasteiger charge is 2.10. The molecule has 1 aromatic rings. The summed E-state index contributed by atoms with van der Waals surface area (Å²) in [6.07, 6.45) is 12.4. The van der Waals surface area contributed by atoms with Gasteiger partial charge in [-0.1, -0.05) is 26.7 Å². The number of hydrogen-bond donors (Lipinski definition) is 0. The molecule has 0 N–H and O–H groups in total. The highest BCUT2D eigenvalue weighted by atomic mass is 15.1. The number of unbranched alkanes of at least 4 members (excludes halogenated alkanes) is 4. The van der Waals surface area contributed by atoms with Crippen LogP contribution in [0.15, 0.2) is 12.4 Å². The van der Waals surface area contributed by atoms with E-state index < -0.39 is 0 Å². The molecule has 92 valence electrons. The van der Waals surface area contributed by atoms with Crippen LogP contribution in [0.2, 0.25) is 0 Å². The number of aryl methyl sites for hydroxylation is 2. The first kappa shape index (κ1) is 13.3. The minimum absolute atomic E-state index is 1.18. The molecule has 1 aromatic heterocycles. The highest BCUT2D eigenvalue weighted by molar-refractivity contribution is 4.79. The van der Waals surface area contributed by atoms with E-state index in [4.69, 9.17) is 0 Å². The van der Waals surface area contributed by atoms with Crippen molar-refractivity contribution < 1.29 is 4.57 Å². The van der Waals surface area contributed by atoms with Crippen LogP contribution in [0, 0.1) is 6.92 Å². The molecule has 0 atom stereocenters. The van der Waals surface area contributed by atoms with Crippen molar-refractivity contribution in [3.63, 3.8) is 0 Å². The van der Waals surface area contributed by atoms with E-state index in [1.165, 1.54) is 57.4 Å². The van der Waals surface area contributed by atoms with E-state index in [1.807, 2.05) is 0 Å². The van der Waals surface area contributed by atoms with E-state index in [2.05, 4.69) is 42.3 Å². The summed E-state index contributed by atoms with van der Waals surface area (Å²) in [5, 5.41) is 0. The maximum atomic E-state index is 2.39. The maximum absolute atomic E-state index is 2.39. The van der Waals surface area contributed by atoms with Gasteiger partial charge in [0.25, 0.3) is 5.82 Å². The monoisotopic (exact) mass is 223 g/mol. The second-order valence-corrected chi connectivity index (χ2v) is 4.65. The summed E-state index contributed by atoms with van der Waals surface area (Å²) in [5.41, 5.74) is 0. The van der Waals surface area contributed by atoms with Crippen molar-refractivity contribution in [1.82, 2.24) is 4.57 Å². The lowest BCUT2D eigenvalue weighted by atomic mass is 10.2. The van der Waals surface area contributed by atoms with Gasteiger partial charge >= 0.3 is 0 Å². The predicted octanol–water partition coefficient (Wildman–Crippen LogP) is 3.46. The fourth-order valence-electron chi connectivity index (χ4n) is 2.08. The van der Waals surface area contributed by atoms with Gasteiger partial charge in [0.1, 0.15) is 12.4 Å². The van der Waals surface area contributed by atoms with Gasteiger partial charge in [-0.2, -0.15) is 0 Å². The molecule has 1 heterocycles. The second kappa shape index (κ2) is 7.48. The molecule has 0 saturated carbocycles. The summed E-state index contributed by atoms with van der Waals surface area (Å²) >= 11 is 0. The van der Waals surface area contributed by atoms with Gasteiger partial charge in [-0.05, 0) is 25.7 Å². The van der Waals surface area contributed by atoms with Crippen LogP contribution >= 0.6 is 0 Å². The summed E-state index contributed by atoms with van der Waals surface area (Å²) in [5.74, 6) is 1.41. The van der Waals surface area contributed by atoms with Crippen molar-refractivity contribution in [1.29, 1.82) is 0 Å². The van der Waals surface area contributed by atoms with E-state index in [0.717, 1.165) is 0 Å². The topological polar surface area (TPSA) is 8.81 Å². The fraction of sp³-hybridized carbons (Fsp3) is 0.786. The Hall–Kier alpha value is -0.790. The molecule has 2 nitrogen and oxygen atoms in total. The highest BCUT2D eigenvalue weighted by Crippen LogP contribution is 2.02. The summed E-state index contributed by atoms with van der Waals surface area (Å²) in [6.45, 7) is 9.11. The van der Waals surface area contributed by atoms with Crippen LogP contribution in [0.5, 0.6) is 0 Å². The van der Waals surface area contributed by atoms with E-state index >= 15 is 0 Å². The van der Waals surface area contributed by atoms with Crippen molar-refractivity contribution in [2.75, 3.05) is 0 Å². The third-order valence-electron chi connectivity index (χ3n) is 3.26. The third-order valence-corrected chi connectivity index (χ3v) is 3.26. The van der Waals surface area contributed by atoms with Crippen molar-refractivity contribution in [3.8, 4) is 0 Å². The third kappa shape index (κ3) is 3.99. The molecule has 0 bridgehead atoms. The smallest absolute Gasteiger partial charge is 0.234 e. The molecular formula is C14H27N2+. The zero-order valence-electron chi connectivity index (χ0n) is 11.2. The van der Waals surface area contributed by atoms with Gasteiger partial charge in [-0.25, -0.2) is 9.13 Å². The van der Waals surface area contributed by atoms with Gasteiger partial charge in [0, 0.05) is 6.92 Å². The Kier molecular flexibility index (Phi) is 6.20. The largest absolute Gasteiger partial charge is 0.253 e. The molecule has 0 aromatic carbocycles. The second-order valence-electron chi connectivity index (χ2n) is 4.65. The average molecular weight is 223 g/mol. The quantitative estimate of drug-likeness (QED) is 0.471. The Morgan fingerprint density at radius 3 is 2.44 bits per heavy atom. The normalized spacial score (nSPS) is 10.9. The number of hydrogen-bond acceptors (Lipinski definition) is 0. The Bertz CT molecular complexity index is 261. The van der Waals surface area contributed by atoms with Gasteiger partial charge in [-0.3, -0.25) is 0 Å². The van der Waals surface area contributed by atoms with Crippen LogP contribution in [0.1, 0.15) is 58.2 Å². The van der Waals surface area contributed by atoms with Crippen LogP contribution in [0.4, 0.5) is 0 Å². The number of aromatic nitrogens is 2. The van der Waals surface area contributed by atoms with Gasteiger partial charge in [0.05, 0.1) is 13.1 Å². The SMILES string of the molecule is CCCCCn1cc[n+](CCCCC)c1C. The number of rotatable bonds is 8. The average Bonchev–Trinajstić information content (AvgIpc) is 2.62. The minimum Gasteiger partial charge on any atom is -0.234 e. The van der Waals surface area contributed by atoms with E-state index in [1.54, 1.807) is 0 Å². The van der Waals surface area contributed by atoms with Crippen LogP contribution < -0.4 is 4.57 Å². The summed E-state index contributed by atoms with van der Waals surface area (Å²) < 4.78 is 4.78. The van der Waals surface area contributed by atoms with Crippen LogP contribution in [-0.4, -0.2) is 4.57 Å². The summed E-state index contributed by atoms with van der Waals surface area (Å²) in [6, 6.07) is 0. The minimum atomic E-state index is 1.18. The molecule has 0 aliphatic rings. The Morgan fingerprint density at radius 1 is 1.06 bits per heavy atom. The molecule has 0 radical (unpaired) electrons. The van der Waals surface area contributed by atoms with Gasteiger partial charge in [-0.15, -0.1) is 0 Å². The first-order valence-corrected chi connectivity index (χ1v) is 6.84. The van der Waals surface area contributed by atoms with Gasteiger partial charge in [0.15, 0.2) is 0 Å². The zero-order valence-corrected chi connectivity index (χ0v) is 11.2. The predicted molar refractivity (Wildman–Crippen MR) is 68.4 cm³/mol. The van der Waals surface area contributed by atoms with Crippen molar-refractivity contribution in [2.45, 2.75) is 72.4 Å². The molecule has 0 spiro atoms. The molecule has 2 heteroatoms. The van der Waals surface area contributed by atoms with Crippen LogP contribution in [0.3, 0.4) is 0 Å². The molecule has 16 heavy (non-hydrogen) atoms. The number of nitrogens with zero attached hydrogens (tertiary/aromatic N) is 2. The summed E-state index contributed by atoms with van der Waals surface area (Å²) in [4.78, 5) is 0. The van der Waals surface area contributed by atoms with Crippen molar-refractivity contribution in [2.24, 2.45) is 0 Å².